The van der Waals surface area contributed by atoms with Crippen LogP contribution in [0.4, 0.5) is 4.79 Å². The number of rotatable bonds is 3. The summed E-state index contributed by atoms with van der Waals surface area (Å²) in [6, 6.07) is 0.0509. The largest absolute Gasteiger partial charge is 0.525 e. The summed E-state index contributed by atoms with van der Waals surface area (Å²) in [5.74, 6) is 0.318. The number of nitrogens with one attached hydrogen (secondary N) is 1. The maximum atomic E-state index is 11.7. The van der Waals surface area contributed by atoms with E-state index in [-0.39, 0.29) is 23.3 Å². The fourth-order valence-electron chi connectivity index (χ4n) is 2.60. The Hall–Kier alpha value is -1.30. The number of carbonyl (C=O) groups excluding carboxylic acids is 1. The Kier molecular flexibility index (Phi) is 2.29. The molecular weight excluding hydrogens is 224 g/mol. The van der Waals surface area contributed by atoms with E-state index >= 15 is 0 Å². The SMILES string of the molecule is O=C(O)ON1CC(NC(=O)C2CC2)C2(CC2)C1. The van der Waals surface area contributed by atoms with Crippen LogP contribution in [0.2, 0.25) is 0 Å². The first kappa shape index (κ1) is 10.8. The standard InChI is InChI=1S/C11H16N2O4/c14-9(7-1-2-7)12-8-5-13(17-10(15)16)6-11(8)3-4-11/h7-8H,1-6H2,(H,12,14)(H,15,16). The van der Waals surface area contributed by atoms with Gasteiger partial charge in [-0.3, -0.25) is 4.79 Å². The molecule has 2 N–H and O–H groups in total. The summed E-state index contributed by atoms with van der Waals surface area (Å²) < 4.78 is 0. The lowest BCUT2D eigenvalue weighted by Crippen LogP contribution is -2.42. The summed E-state index contributed by atoms with van der Waals surface area (Å²) in [5.41, 5.74) is 0.0694. The normalized spacial score (nSPS) is 30.2. The second kappa shape index (κ2) is 3.60. The van der Waals surface area contributed by atoms with E-state index < -0.39 is 6.16 Å². The highest BCUT2D eigenvalue weighted by atomic mass is 16.8. The molecule has 1 aliphatic heterocycles. The summed E-state index contributed by atoms with van der Waals surface area (Å²) in [5, 5.41) is 13.1. The highest BCUT2D eigenvalue weighted by Gasteiger charge is 2.57. The van der Waals surface area contributed by atoms with Crippen molar-refractivity contribution >= 4 is 12.1 Å². The van der Waals surface area contributed by atoms with E-state index in [0.29, 0.717) is 13.1 Å². The van der Waals surface area contributed by atoms with Crippen molar-refractivity contribution in [2.75, 3.05) is 13.1 Å². The molecule has 3 rings (SSSR count). The van der Waals surface area contributed by atoms with Crippen molar-refractivity contribution in [2.24, 2.45) is 11.3 Å². The predicted octanol–water partition coefficient (Wildman–Crippen LogP) is 0.587. The number of amides is 1. The molecule has 6 nitrogen and oxygen atoms in total. The van der Waals surface area contributed by atoms with Crippen LogP contribution >= 0.6 is 0 Å². The van der Waals surface area contributed by atoms with Crippen LogP contribution in [0.1, 0.15) is 25.7 Å². The molecule has 1 amide bonds. The predicted molar refractivity (Wildman–Crippen MR) is 57.0 cm³/mol. The Morgan fingerprint density at radius 2 is 2.06 bits per heavy atom. The molecule has 1 spiro atoms. The third kappa shape index (κ3) is 2.09. The fraction of sp³-hybridized carbons (Fsp3) is 0.818. The van der Waals surface area contributed by atoms with Gasteiger partial charge in [0.05, 0.1) is 12.6 Å². The zero-order valence-corrected chi connectivity index (χ0v) is 9.52. The molecule has 0 radical (unpaired) electrons. The van der Waals surface area contributed by atoms with Gasteiger partial charge in [0.2, 0.25) is 5.91 Å². The maximum absolute atomic E-state index is 11.7. The molecule has 6 heteroatoms. The van der Waals surface area contributed by atoms with Crippen molar-refractivity contribution in [2.45, 2.75) is 31.7 Å². The van der Waals surface area contributed by atoms with Gasteiger partial charge in [0.15, 0.2) is 0 Å². The Bertz CT molecular complexity index is 362. The third-order valence-electron chi connectivity index (χ3n) is 3.98. The number of hydroxylamine groups is 2. The minimum Gasteiger partial charge on any atom is -0.448 e. The molecule has 2 aliphatic carbocycles. The van der Waals surface area contributed by atoms with Crippen LogP contribution in [0.15, 0.2) is 0 Å². The Morgan fingerprint density at radius 3 is 2.59 bits per heavy atom. The Balaban J connectivity index is 1.60. The summed E-state index contributed by atoms with van der Waals surface area (Å²) >= 11 is 0. The molecule has 1 unspecified atom stereocenters. The summed E-state index contributed by atoms with van der Waals surface area (Å²) in [6.07, 6.45) is 2.78. The lowest BCUT2D eigenvalue weighted by Gasteiger charge is -2.18. The number of hydrogen-bond donors (Lipinski definition) is 2. The third-order valence-corrected chi connectivity index (χ3v) is 3.98. The van der Waals surface area contributed by atoms with Crippen molar-refractivity contribution in [3.8, 4) is 0 Å². The molecule has 0 aromatic carbocycles. The van der Waals surface area contributed by atoms with E-state index in [1.807, 2.05) is 0 Å². The monoisotopic (exact) mass is 240 g/mol. The minimum atomic E-state index is -1.28. The van der Waals surface area contributed by atoms with Gasteiger partial charge in [-0.1, -0.05) is 0 Å². The number of hydrogen-bond acceptors (Lipinski definition) is 4. The van der Waals surface area contributed by atoms with Crippen LogP contribution in [0, 0.1) is 11.3 Å². The van der Waals surface area contributed by atoms with Gasteiger partial charge in [-0.2, -0.15) is 0 Å². The molecule has 2 saturated carbocycles. The summed E-state index contributed by atoms with van der Waals surface area (Å²) in [7, 11) is 0. The Morgan fingerprint density at radius 1 is 1.35 bits per heavy atom. The molecule has 0 aromatic heterocycles. The van der Waals surface area contributed by atoms with Crippen molar-refractivity contribution in [1.29, 1.82) is 0 Å². The highest BCUT2D eigenvalue weighted by molar-refractivity contribution is 5.81. The van der Waals surface area contributed by atoms with Crippen LogP contribution in [-0.2, 0) is 9.63 Å². The van der Waals surface area contributed by atoms with Crippen LogP contribution in [0.3, 0.4) is 0 Å². The van der Waals surface area contributed by atoms with Gasteiger partial charge < -0.3 is 15.3 Å². The van der Waals surface area contributed by atoms with Crippen LogP contribution in [-0.4, -0.2) is 41.4 Å². The van der Waals surface area contributed by atoms with Gasteiger partial charge in [0.25, 0.3) is 0 Å². The molecule has 1 saturated heterocycles. The zero-order chi connectivity index (χ0) is 12.0. The second-order valence-electron chi connectivity index (χ2n) is 5.38. The zero-order valence-electron chi connectivity index (χ0n) is 9.52. The van der Waals surface area contributed by atoms with Crippen molar-refractivity contribution in [1.82, 2.24) is 10.4 Å². The minimum absolute atomic E-state index is 0.0509. The highest BCUT2D eigenvalue weighted by Crippen LogP contribution is 2.53. The first-order valence-electron chi connectivity index (χ1n) is 6.05. The van der Waals surface area contributed by atoms with Crippen LogP contribution < -0.4 is 5.32 Å². The van der Waals surface area contributed by atoms with Crippen LogP contribution in [0.5, 0.6) is 0 Å². The number of carbonyl (C=O) groups is 2. The molecule has 1 atom stereocenters. The second-order valence-corrected chi connectivity index (χ2v) is 5.38. The van der Waals surface area contributed by atoms with Gasteiger partial charge >= 0.3 is 6.16 Å². The topological polar surface area (TPSA) is 78.9 Å². The van der Waals surface area contributed by atoms with Gasteiger partial charge in [-0.25, -0.2) is 4.79 Å². The molecule has 94 valence electrons. The summed E-state index contributed by atoms with van der Waals surface area (Å²) in [6.45, 7) is 1.08. The average Bonchev–Trinajstić information content (AvgIpc) is 3.08. The lowest BCUT2D eigenvalue weighted by atomic mass is 10.0. The molecule has 3 fully saturated rings. The van der Waals surface area contributed by atoms with Crippen LogP contribution in [0.25, 0.3) is 0 Å². The van der Waals surface area contributed by atoms with Gasteiger partial charge in [-0.05, 0) is 25.7 Å². The molecule has 3 aliphatic rings. The maximum Gasteiger partial charge on any atom is 0.525 e. The van der Waals surface area contributed by atoms with E-state index in [2.05, 4.69) is 10.2 Å². The van der Waals surface area contributed by atoms with E-state index in [1.54, 1.807) is 0 Å². The molecular formula is C11H16N2O4. The van der Waals surface area contributed by atoms with Gasteiger partial charge in [0, 0.05) is 17.9 Å². The first-order valence-corrected chi connectivity index (χ1v) is 6.05. The molecule has 17 heavy (non-hydrogen) atoms. The molecule has 1 heterocycles. The van der Waals surface area contributed by atoms with E-state index in [9.17, 15) is 9.59 Å². The fourth-order valence-corrected chi connectivity index (χ4v) is 2.60. The average molecular weight is 240 g/mol. The molecule has 0 bridgehead atoms. The van der Waals surface area contributed by atoms with E-state index in [0.717, 1.165) is 25.7 Å². The lowest BCUT2D eigenvalue weighted by molar-refractivity contribution is -0.123. The number of nitrogens with zero attached hydrogens (tertiary/aromatic N) is 1. The Labute approximate surface area is 98.9 Å². The van der Waals surface area contributed by atoms with E-state index in [4.69, 9.17) is 5.11 Å². The van der Waals surface area contributed by atoms with Gasteiger partial charge in [-0.15, -0.1) is 5.06 Å². The van der Waals surface area contributed by atoms with Crippen molar-refractivity contribution in [3.05, 3.63) is 0 Å². The molecule has 0 aromatic rings. The summed E-state index contributed by atoms with van der Waals surface area (Å²) in [4.78, 5) is 26.9. The smallest absolute Gasteiger partial charge is 0.448 e. The quantitative estimate of drug-likeness (QED) is 0.754. The van der Waals surface area contributed by atoms with Crippen molar-refractivity contribution < 1.29 is 19.5 Å². The van der Waals surface area contributed by atoms with Crippen molar-refractivity contribution in [3.63, 3.8) is 0 Å². The van der Waals surface area contributed by atoms with Gasteiger partial charge in [0.1, 0.15) is 0 Å². The first-order chi connectivity index (χ1) is 8.09. The number of carboxylic acid groups (broad SMARTS) is 1. The van der Waals surface area contributed by atoms with E-state index in [1.165, 1.54) is 5.06 Å².